The van der Waals surface area contributed by atoms with E-state index >= 15 is 0 Å². The maximum atomic E-state index is 12.5. The summed E-state index contributed by atoms with van der Waals surface area (Å²) in [7, 11) is 0. The lowest BCUT2D eigenvalue weighted by atomic mass is 10.3. The molecule has 0 unspecified atom stereocenters. The van der Waals surface area contributed by atoms with Crippen LogP contribution in [0.2, 0.25) is 0 Å². The zero-order valence-corrected chi connectivity index (χ0v) is 16.7. The van der Waals surface area contributed by atoms with Crippen LogP contribution in [0.3, 0.4) is 0 Å². The van der Waals surface area contributed by atoms with Gasteiger partial charge in [0.2, 0.25) is 0 Å². The molecule has 3 aromatic rings. The number of nitrogens with one attached hydrogen (secondary N) is 1. The molecule has 27 heavy (non-hydrogen) atoms. The van der Waals surface area contributed by atoms with Gasteiger partial charge in [0.1, 0.15) is 6.67 Å². The maximum absolute atomic E-state index is 12.5. The number of halogens is 1. The molecule has 11 heteroatoms. The highest BCUT2D eigenvalue weighted by atomic mass is 79.9. The number of hydrogen-bond acceptors (Lipinski definition) is 5. The van der Waals surface area contributed by atoms with Crippen LogP contribution >= 0.6 is 15.9 Å². The number of anilines is 1. The van der Waals surface area contributed by atoms with Crippen LogP contribution in [0.15, 0.2) is 22.9 Å². The van der Waals surface area contributed by atoms with E-state index in [1.165, 1.54) is 4.68 Å². The summed E-state index contributed by atoms with van der Waals surface area (Å²) >= 11 is 3.48. The predicted molar refractivity (Wildman–Crippen MR) is 101 cm³/mol. The van der Waals surface area contributed by atoms with Crippen molar-refractivity contribution >= 4 is 33.4 Å². The summed E-state index contributed by atoms with van der Waals surface area (Å²) in [5.74, 6) is -1.17. The van der Waals surface area contributed by atoms with Gasteiger partial charge in [0, 0.05) is 18.9 Å². The molecule has 0 aliphatic rings. The van der Waals surface area contributed by atoms with Crippen molar-refractivity contribution in [1.82, 2.24) is 29.3 Å². The number of primary amides is 1. The molecule has 0 radical (unpaired) electrons. The van der Waals surface area contributed by atoms with Crippen molar-refractivity contribution in [2.75, 3.05) is 5.32 Å². The highest BCUT2D eigenvalue weighted by Gasteiger charge is 2.18. The van der Waals surface area contributed by atoms with Gasteiger partial charge >= 0.3 is 0 Å². The van der Waals surface area contributed by atoms with Gasteiger partial charge in [-0.1, -0.05) is 0 Å². The first-order chi connectivity index (χ1) is 12.8. The van der Waals surface area contributed by atoms with Gasteiger partial charge in [-0.3, -0.25) is 19.0 Å². The summed E-state index contributed by atoms with van der Waals surface area (Å²) in [6.07, 6.45) is 3.24. The van der Waals surface area contributed by atoms with Crippen molar-refractivity contribution < 1.29 is 9.59 Å². The molecule has 0 aliphatic heterocycles. The molecule has 0 spiro atoms. The zero-order valence-electron chi connectivity index (χ0n) is 15.1. The van der Waals surface area contributed by atoms with E-state index in [0.717, 1.165) is 15.9 Å². The molecule has 0 saturated carbocycles. The van der Waals surface area contributed by atoms with E-state index in [4.69, 9.17) is 5.73 Å². The number of amides is 2. The van der Waals surface area contributed by atoms with E-state index in [0.29, 0.717) is 13.2 Å². The highest BCUT2D eigenvalue weighted by molar-refractivity contribution is 9.10. The second-order valence-corrected chi connectivity index (χ2v) is 6.72. The van der Waals surface area contributed by atoms with Crippen LogP contribution in [0.4, 0.5) is 5.69 Å². The number of carbonyl (C=O) groups excluding carboxylic acids is 2. The third-order valence-corrected chi connectivity index (χ3v) is 5.16. The van der Waals surface area contributed by atoms with E-state index in [1.807, 2.05) is 20.8 Å². The Morgan fingerprint density at radius 3 is 2.56 bits per heavy atom. The summed E-state index contributed by atoms with van der Waals surface area (Å²) in [6.45, 7) is 6.62. The fourth-order valence-electron chi connectivity index (χ4n) is 2.55. The summed E-state index contributed by atoms with van der Waals surface area (Å²) in [4.78, 5) is 24.0. The van der Waals surface area contributed by atoms with Crippen LogP contribution in [-0.4, -0.2) is 41.2 Å². The Hall–Kier alpha value is -2.95. The van der Waals surface area contributed by atoms with E-state index in [-0.39, 0.29) is 17.1 Å². The SMILES string of the molecule is CCn1cc(NC(=O)c2ccn(Cn3nc(C)c(Br)c3C)n2)c(C(N)=O)n1. The van der Waals surface area contributed by atoms with Crippen LogP contribution in [0.5, 0.6) is 0 Å². The Balaban J connectivity index is 1.76. The van der Waals surface area contributed by atoms with Gasteiger partial charge in [0.25, 0.3) is 11.8 Å². The summed E-state index contributed by atoms with van der Waals surface area (Å²) in [5.41, 5.74) is 7.63. The quantitative estimate of drug-likeness (QED) is 0.608. The normalized spacial score (nSPS) is 11.0. The monoisotopic (exact) mass is 434 g/mol. The topological polar surface area (TPSA) is 126 Å². The minimum atomic E-state index is -0.710. The fourth-order valence-corrected chi connectivity index (χ4v) is 2.84. The average molecular weight is 435 g/mol. The first kappa shape index (κ1) is 18.8. The molecule has 0 bridgehead atoms. The van der Waals surface area contributed by atoms with Gasteiger partial charge in [-0.05, 0) is 42.8 Å². The number of nitrogens with zero attached hydrogens (tertiary/aromatic N) is 6. The first-order valence-electron chi connectivity index (χ1n) is 8.21. The Morgan fingerprint density at radius 1 is 1.22 bits per heavy atom. The summed E-state index contributed by atoms with van der Waals surface area (Å²) in [6, 6.07) is 1.59. The molecular weight excluding hydrogens is 416 g/mol. The predicted octanol–water partition coefficient (Wildman–Crippen LogP) is 1.53. The molecule has 3 N–H and O–H groups in total. The van der Waals surface area contributed by atoms with E-state index in [9.17, 15) is 9.59 Å². The van der Waals surface area contributed by atoms with Gasteiger partial charge in [0.05, 0.1) is 21.5 Å². The van der Waals surface area contributed by atoms with E-state index in [2.05, 4.69) is 36.5 Å². The van der Waals surface area contributed by atoms with E-state index < -0.39 is 11.8 Å². The Morgan fingerprint density at radius 2 is 1.96 bits per heavy atom. The maximum Gasteiger partial charge on any atom is 0.276 e. The number of aryl methyl sites for hydroxylation is 2. The minimum absolute atomic E-state index is 0.0112. The van der Waals surface area contributed by atoms with Crippen LogP contribution in [0.1, 0.15) is 39.3 Å². The lowest BCUT2D eigenvalue weighted by molar-refractivity contribution is 0.0995. The third-order valence-electron chi connectivity index (χ3n) is 4.01. The highest BCUT2D eigenvalue weighted by Crippen LogP contribution is 2.19. The van der Waals surface area contributed by atoms with Crippen LogP contribution in [-0.2, 0) is 13.2 Å². The van der Waals surface area contributed by atoms with Gasteiger partial charge in [-0.15, -0.1) is 0 Å². The molecule has 3 heterocycles. The number of nitrogens with two attached hydrogens (primary N) is 1. The molecule has 10 nitrogen and oxygen atoms in total. The molecule has 0 aromatic carbocycles. The number of rotatable bonds is 6. The molecular formula is C16H19BrN8O2. The smallest absolute Gasteiger partial charge is 0.276 e. The molecule has 0 atom stereocenters. The van der Waals surface area contributed by atoms with Gasteiger partial charge in [-0.25, -0.2) is 4.68 Å². The molecule has 3 rings (SSSR count). The van der Waals surface area contributed by atoms with Crippen molar-refractivity contribution in [3.63, 3.8) is 0 Å². The molecule has 2 amide bonds. The summed E-state index contributed by atoms with van der Waals surface area (Å²) < 4.78 is 5.85. The van der Waals surface area contributed by atoms with Crippen LogP contribution < -0.4 is 11.1 Å². The van der Waals surface area contributed by atoms with Crippen molar-refractivity contribution in [3.05, 3.63) is 45.7 Å². The van der Waals surface area contributed by atoms with Gasteiger partial charge in [0.15, 0.2) is 11.4 Å². The zero-order chi connectivity index (χ0) is 19.7. The second kappa shape index (κ2) is 7.35. The Labute approximate surface area is 163 Å². The molecule has 0 fully saturated rings. The van der Waals surface area contributed by atoms with Gasteiger partial charge < -0.3 is 11.1 Å². The fraction of sp³-hybridized carbons (Fsp3) is 0.312. The average Bonchev–Trinajstić information content (AvgIpc) is 3.31. The number of hydrogen-bond donors (Lipinski definition) is 2. The summed E-state index contributed by atoms with van der Waals surface area (Å²) in [5, 5.41) is 15.4. The minimum Gasteiger partial charge on any atom is -0.364 e. The second-order valence-electron chi connectivity index (χ2n) is 5.93. The molecule has 0 saturated heterocycles. The standard InChI is InChI=1S/C16H19BrN8O2/c1-4-23-7-12(14(22-23)15(18)26)19-16(27)11-5-6-24(21-11)8-25-10(3)13(17)9(2)20-25/h5-7H,4,8H2,1-3H3,(H2,18,26)(H,19,27). The van der Waals surface area contributed by atoms with Crippen LogP contribution in [0.25, 0.3) is 0 Å². The van der Waals surface area contributed by atoms with Gasteiger partial charge in [-0.2, -0.15) is 15.3 Å². The van der Waals surface area contributed by atoms with E-state index in [1.54, 1.807) is 27.8 Å². The van der Waals surface area contributed by atoms with Crippen molar-refractivity contribution in [1.29, 1.82) is 0 Å². The van der Waals surface area contributed by atoms with Crippen molar-refractivity contribution in [2.45, 2.75) is 34.0 Å². The lowest BCUT2D eigenvalue weighted by Gasteiger charge is -2.05. The van der Waals surface area contributed by atoms with Crippen LogP contribution in [0, 0.1) is 13.8 Å². The molecule has 0 aliphatic carbocycles. The molecule has 142 valence electrons. The Kier molecular flexibility index (Phi) is 5.13. The van der Waals surface area contributed by atoms with Crippen molar-refractivity contribution in [2.24, 2.45) is 5.73 Å². The number of carbonyl (C=O) groups is 2. The van der Waals surface area contributed by atoms with Crippen molar-refractivity contribution in [3.8, 4) is 0 Å². The Bertz CT molecular complexity index is 1020. The lowest BCUT2D eigenvalue weighted by Crippen LogP contribution is -2.19. The number of aromatic nitrogens is 6. The first-order valence-corrected chi connectivity index (χ1v) is 9.01. The largest absolute Gasteiger partial charge is 0.364 e. The third kappa shape index (κ3) is 3.77. The molecule has 3 aromatic heterocycles.